The summed E-state index contributed by atoms with van der Waals surface area (Å²) in [6, 6.07) is 1.68. The van der Waals surface area contributed by atoms with Crippen molar-refractivity contribution in [2.24, 2.45) is 5.73 Å². The second-order valence-electron chi connectivity index (χ2n) is 4.22. The number of halogens is 3. The molecular weight excluding hydrogens is 261 g/mol. The van der Waals surface area contributed by atoms with Crippen molar-refractivity contribution in [2.45, 2.75) is 26.9 Å². The Morgan fingerprint density at radius 3 is 1.84 bits per heavy atom. The van der Waals surface area contributed by atoms with E-state index in [1.54, 1.807) is 19.1 Å². The summed E-state index contributed by atoms with van der Waals surface area (Å²) in [5.74, 6) is -2.30. The molecule has 0 aliphatic rings. The molecule has 0 atom stereocenters. The number of carbonyl (C=O) groups excluding carboxylic acids is 2. The zero-order valence-corrected chi connectivity index (χ0v) is 10.6. The van der Waals surface area contributed by atoms with Gasteiger partial charge in [-0.15, -0.1) is 0 Å². The van der Waals surface area contributed by atoms with E-state index in [1.165, 1.54) is 13.8 Å². The fourth-order valence-electron chi connectivity index (χ4n) is 1.96. The standard InChI is InChI=1S/C12H13F3N2O2/c1-6-4-7(2)9(8(3)5-6)17(11(16)19)10(18)12(13,14)15/h4-5H,1-3H3,(H2,16,19). The van der Waals surface area contributed by atoms with Gasteiger partial charge in [0, 0.05) is 0 Å². The normalized spacial score (nSPS) is 11.3. The van der Waals surface area contributed by atoms with E-state index in [1.807, 2.05) is 0 Å². The fraction of sp³-hybridized carbons (Fsp3) is 0.333. The molecule has 2 N–H and O–H groups in total. The summed E-state index contributed by atoms with van der Waals surface area (Å²) in [5, 5.41) is 0. The van der Waals surface area contributed by atoms with E-state index in [2.05, 4.69) is 0 Å². The predicted molar refractivity (Wildman–Crippen MR) is 63.8 cm³/mol. The number of carbonyl (C=O) groups is 2. The number of benzene rings is 1. The molecule has 0 aromatic heterocycles. The number of rotatable bonds is 1. The minimum Gasteiger partial charge on any atom is -0.351 e. The average Bonchev–Trinajstić information content (AvgIpc) is 2.20. The van der Waals surface area contributed by atoms with E-state index in [4.69, 9.17) is 5.73 Å². The minimum absolute atomic E-state index is 0.0376. The van der Waals surface area contributed by atoms with Crippen LogP contribution in [0.15, 0.2) is 12.1 Å². The number of aryl methyl sites for hydroxylation is 3. The Balaban J connectivity index is 3.45. The van der Waals surface area contributed by atoms with E-state index in [0.29, 0.717) is 11.1 Å². The summed E-state index contributed by atoms with van der Waals surface area (Å²) >= 11 is 0. The van der Waals surface area contributed by atoms with Crippen LogP contribution in [-0.4, -0.2) is 18.1 Å². The maximum Gasteiger partial charge on any atom is 0.472 e. The van der Waals surface area contributed by atoms with Crippen molar-refractivity contribution < 1.29 is 22.8 Å². The van der Waals surface area contributed by atoms with Gasteiger partial charge in [-0.3, -0.25) is 4.79 Å². The summed E-state index contributed by atoms with van der Waals surface area (Å²) in [4.78, 5) is 22.5. The Hall–Kier alpha value is -2.05. The van der Waals surface area contributed by atoms with Crippen molar-refractivity contribution in [3.63, 3.8) is 0 Å². The van der Waals surface area contributed by atoms with Gasteiger partial charge < -0.3 is 5.73 Å². The van der Waals surface area contributed by atoms with Crippen molar-refractivity contribution >= 4 is 17.6 Å². The van der Waals surface area contributed by atoms with Gasteiger partial charge in [-0.1, -0.05) is 17.7 Å². The number of alkyl halides is 3. The third kappa shape index (κ3) is 3.04. The molecule has 1 aromatic carbocycles. The zero-order chi connectivity index (χ0) is 15.0. The first-order chi connectivity index (χ1) is 8.55. The van der Waals surface area contributed by atoms with Crippen LogP contribution in [0.2, 0.25) is 0 Å². The van der Waals surface area contributed by atoms with E-state index in [9.17, 15) is 22.8 Å². The number of nitrogens with zero attached hydrogens (tertiary/aromatic N) is 1. The number of urea groups is 1. The summed E-state index contributed by atoms with van der Waals surface area (Å²) in [7, 11) is 0. The molecule has 0 heterocycles. The van der Waals surface area contributed by atoms with Crippen LogP contribution in [0.5, 0.6) is 0 Å². The summed E-state index contributed by atoms with van der Waals surface area (Å²) < 4.78 is 37.5. The van der Waals surface area contributed by atoms with Crippen molar-refractivity contribution in [3.8, 4) is 0 Å². The molecule has 3 amide bonds. The van der Waals surface area contributed by atoms with Gasteiger partial charge in [-0.05, 0) is 31.9 Å². The van der Waals surface area contributed by atoms with Gasteiger partial charge in [-0.2, -0.15) is 13.2 Å². The number of imide groups is 1. The van der Waals surface area contributed by atoms with Crippen LogP contribution in [-0.2, 0) is 4.79 Å². The highest BCUT2D eigenvalue weighted by Crippen LogP contribution is 2.30. The smallest absolute Gasteiger partial charge is 0.351 e. The summed E-state index contributed by atoms with van der Waals surface area (Å²) in [6.07, 6.45) is -5.17. The highest BCUT2D eigenvalue weighted by Gasteiger charge is 2.45. The van der Waals surface area contributed by atoms with Gasteiger partial charge in [-0.25, -0.2) is 9.69 Å². The Kier molecular flexibility index (Phi) is 3.88. The van der Waals surface area contributed by atoms with Gasteiger partial charge in [0.15, 0.2) is 0 Å². The molecule has 1 aromatic rings. The maximum absolute atomic E-state index is 12.5. The third-order valence-electron chi connectivity index (χ3n) is 2.52. The molecule has 0 aliphatic carbocycles. The predicted octanol–water partition coefficient (Wildman–Crippen LogP) is 2.59. The number of nitrogens with two attached hydrogens (primary N) is 1. The fourth-order valence-corrected chi connectivity index (χ4v) is 1.96. The highest BCUT2D eigenvalue weighted by atomic mass is 19.4. The maximum atomic E-state index is 12.5. The first kappa shape index (κ1) is 15.0. The van der Waals surface area contributed by atoms with Crippen LogP contribution in [0.4, 0.5) is 23.7 Å². The molecule has 0 fully saturated rings. The molecule has 104 valence electrons. The number of anilines is 1. The van der Waals surface area contributed by atoms with Gasteiger partial charge in [0.1, 0.15) is 0 Å². The van der Waals surface area contributed by atoms with E-state index < -0.39 is 18.1 Å². The van der Waals surface area contributed by atoms with Crippen LogP contribution < -0.4 is 10.6 Å². The first-order valence-electron chi connectivity index (χ1n) is 5.34. The monoisotopic (exact) mass is 274 g/mol. The molecule has 7 heteroatoms. The number of amides is 3. The van der Waals surface area contributed by atoms with Crippen LogP contribution in [0.3, 0.4) is 0 Å². The van der Waals surface area contributed by atoms with Crippen molar-refractivity contribution in [3.05, 3.63) is 28.8 Å². The molecule has 0 radical (unpaired) electrons. The van der Waals surface area contributed by atoms with Crippen LogP contribution in [0.1, 0.15) is 16.7 Å². The Morgan fingerprint density at radius 1 is 1.11 bits per heavy atom. The number of hydrogen-bond donors (Lipinski definition) is 1. The highest BCUT2D eigenvalue weighted by molar-refractivity contribution is 6.16. The average molecular weight is 274 g/mol. The van der Waals surface area contributed by atoms with Crippen LogP contribution >= 0.6 is 0 Å². The molecule has 0 spiro atoms. The van der Waals surface area contributed by atoms with Gasteiger partial charge in [0.2, 0.25) is 0 Å². The van der Waals surface area contributed by atoms with Crippen LogP contribution in [0.25, 0.3) is 0 Å². The van der Waals surface area contributed by atoms with Crippen molar-refractivity contribution in [1.82, 2.24) is 0 Å². The lowest BCUT2D eigenvalue weighted by Gasteiger charge is -2.23. The second-order valence-corrected chi connectivity index (χ2v) is 4.22. The minimum atomic E-state index is -5.17. The van der Waals surface area contributed by atoms with Crippen LogP contribution in [0, 0.1) is 20.8 Å². The van der Waals surface area contributed by atoms with Gasteiger partial charge in [0.25, 0.3) is 0 Å². The molecule has 0 aliphatic heterocycles. The van der Waals surface area contributed by atoms with Gasteiger partial charge in [0.05, 0.1) is 5.69 Å². The Bertz CT molecular complexity index is 515. The summed E-state index contributed by atoms with van der Waals surface area (Å²) in [6.45, 7) is 4.77. The molecule has 0 bridgehead atoms. The molecular formula is C12H13F3N2O2. The largest absolute Gasteiger partial charge is 0.472 e. The SMILES string of the molecule is Cc1cc(C)c(N(C(N)=O)C(=O)C(F)(F)F)c(C)c1. The Morgan fingerprint density at radius 2 is 1.53 bits per heavy atom. The lowest BCUT2D eigenvalue weighted by Crippen LogP contribution is -2.48. The quantitative estimate of drug-likeness (QED) is 0.855. The molecule has 1 rings (SSSR count). The van der Waals surface area contributed by atoms with Crippen molar-refractivity contribution in [2.75, 3.05) is 4.90 Å². The topological polar surface area (TPSA) is 63.4 Å². The lowest BCUT2D eigenvalue weighted by molar-refractivity contribution is -0.169. The molecule has 0 saturated carbocycles. The van der Waals surface area contributed by atoms with E-state index in [-0.39, 0.29) is 10.6 Å². The third-order valence-corrected chi connectivity index (χ3v) is 2.52. The molecule has 19 heavy (non-hydrogen) atoms. The zero-order valence-electron chi connectivity index (χ0n) is 10.6. The lowest BCUT2D eigenvalue weighted by atomic mass is 10.0. The summed E-state index contributed by atoms with van der Waals surface area (Å²) in [5.41, 5.74) is 6.33. The molecule has 4 nitrogen and oxygen atoms in total. The first-order valence-corrected chi connectivity index (χ1v) is 5.34. The van der Waals surface area contributed by atoms with Gasteiger partial charge >= 0.3 is 18.1 Å². The molecule has 0 saturated heterocycles. The second kappa shape index (κ2) is 4.91. The number of hydrogen-bond acceptors (Lipinski definition) is 2. The van der Waals surface area contributed by atoms with E-state index >= 15 is 0 Å². The number of primary amides is 1. The molecule has 0 unspecified atom stereocenters. The van der Waals surface area contributed by atoms with E-state index in [0.717, 1.165) is 5.56 Å². The Labute approximate surface area is 108 Å². The van der Waals surface area contributed by atoms with Crippen molar-refractivity contribution in [1.29, 1.82) is 0 Å².